The lowest BCUT2D eigenvalue weighted by molar-refractivity contribution is -0.143. The lowest BCUT2D eigenvalue weighted by Gasteiger charge is -2.04. The summed E-state index contributed by atoms with van der Waals surface area (Å²) in [4.78, 5) is 22.5. The number of hydrogen-bond donors (Lipinski definition) is 0. The van der Waals surface area contributed by atoms with Gasteiger partial charge in [0.15, 0.2) is 0 Å². The normalized spacial score (nSPS) is 9.76. The molecule has 1 aromatic rings. The van der Waals surface area contributed by atoms with Crippen LogP contribution in [0.4, 0.5) is 0 Å². The maximum atomic E-state index is 11.5. The van der Waals surface area contributed by atoms with E-state index in [1.807, 2.05) is 12.1 Å². The number of halogens is 1. The number of carbonyl (C=O) groups is 2. The van der Waals surface area contributed by atoms with Gasteiger partial charge in [-0.15, -0.1) is 0 Å². The Balaban J connectivity index is 2.35. The molecule has 1 rings (SSSR count). The molecule has 0 heterocycles. The smallest absolute Gasteiger partial charge is 0.338 e. The van der Waals surface area contributed by atoms with Gasteiger partial charge in [0.1, 0.15) is 6.61 Å². The van der Waals surface area contributed by atoms with E-state index < -0.39 is 5.97 Å². The maximum absolute atomic E-state index is 11.5. The van der Waals surface area contributed by atoms with E-state index in [2.05, 4.69) is 22.6 Å². The van der Waals surface area contributed by atoms with Gasteiger partial charge in [-0.1, -0.05) is 0 Å². The maximum Gasteiger partial charge on any atom is 0.338 e. The number of carbonyl (C=O) groups excluding carboxylic acids is 2. The highest BCUT2D eigenvalue weighted by molar-refractivity contribution is 14.1. The third-order valence-corrected chi connectivity index (χ3v) is 2.64. The Hall–Kier alpha value is -1.11. The molecule has 0 bridgehead atoms. The zero-order chi connectivity index (χ0) is 12.7. The average molecular weight is 348 g/mol. The molecule has 0 aliphatic carbocycles. The summed E-state index contributed by atoms with van der Waals surface area (Å²) >= 11 is 2.15. The molecule has 0 atom stereocenters. The first-order valence-electron chi connectivity index (χ1n) is 5.21. The molecule has 4 nitrogen and oxygen atoms in total. The summed E-state index contributed by atoms with van der Waals surface area (Å²) in [5, 5.41) is 0. The van der Waals surface area contributed by atoms with Crippen LogP contribution in [-0.4, -0.2) is 25.2 Å². The van der Waals surface area contributed by atoms with Crippen molar-refractivity contribution in [1.29, 1.82) is 0 Å². The van der Waals surface area contributed by atoms with Crippen molar-refractivity contribution in [3.8, 4) is 0 Å². The van der Waals surface area contributed by atoms with E-state index in [4.69, 9.17) is 9.47 Å². The molecular weight excluding hydrogens is 335 g/mol. The molecule has 0 aliphatic heterocycles. The fourth-order valence-corrected chi connectivity index (χ4v) is 1.49. The van der Waals surface area contributed by atoms with E-state index >= 15 is 0 Å². The monoisotopic (exact) mass is 348 g/mol. The van der Waals surface area contributed by atoms with Crippen LogP contribution in [0.15, 0.2) is 24.3 Å². The molecule has 0 saturated heterocycles. The summed E-state index contributed by atoms with van der Waals surface area (Å²) in [6.07, 6.45) is 0.0873. The van der Waals surface area contributed by atoms with Crippen molar-refractivity contribution in [3.63, 3.8) is 0 Å². The van der Waals surface area contributed by atoms with E-state index in [-0.39, 0.29) is 19.0 Å². The minimum Gasteiger partial charge on any atom is -0.466 e. The summed E-state index contributed by atoms with van der Waals surface area (Å²) < 4.78 is 10.7. The largest absolute Gasteiger partial charge is 0.466 e. The van der Waals surface area contributed by atoms with Gasteiger partial charge >= 0.3 is 11.9 Å². The predicted octanol–water partition coefficient (Wildman–Crippen LogP) is 2.40. The second-order valence-corrected chi connectivity index (χ2v) is 4.44. The van der Waals surface area contributed by atoms with Crippen molar-refractivity contribution in [2.75, 3.05) is 13.2 Å². The van der Waals surface area contributed by atoms with Gasteiger partial charge in [0.2, 0.25) is 0 Å². The zero-order valence-corrected chi connectivity index (χ0v) is 11.6. The van der Waals surface area contributed by atoms with Crippen LogP contribution in [0.3, 0.4) is 0 Å². The Bertz CT molecular complexity index is 386. The van der Waals surface area contributed by atoms with E-state index in [9.17, 15) is 9.59 Å². The fraction of sp³-hybridized carbons (Fsp3) is 0.333. The van der Waals surface area contributed by atoms with Gasteiger partial charge in [0, 0.05) is 3.57 Å². The van der Waals surface area contributed by atoms with Gasteiger partial charge in [-0.05, 0) is 53.8 Å². The minimum atomic E-state index is -0.425. The lowest BCUT2D eigenvalue weighted by Crippen LogP contribution is -2.12. The molecule has 5 heteroatoms. The van der Waals surface area contributed by atoms with Gasteiger partial charge in [-0.25, -0.2) is 4.79 Å². The van der Waals surface area contributed by atoms with Crippen molar-refractivity contribution >= 4 is 34.5 Å². The zero-order valence-electron chi connectivity index (χ0n) is 9.44. The van der Waals surface area contributed by atoms with Crippen LogP contribution in [0.1, 0.15) is 23.7 Å². The van der Waals surface area contributed by atoms with Crippen LogP contribution in [0.25, 0.3) is 0 Å². The molecule has 0 aliphatic rings. The second kappa shape index (κ2) is 7.26. The van der Waals surface area contributed by atoms with Crippen molar-refractivity contribution < 1.29 is 19.1 Å². The number of ether oxygens (including phenoxy) is 2. The Morgan fingerprint density at radius 1 is 1.18 bits per heavy atom. The number of hydrogen-bond acceptors (Lipinski definition) is 4. The van der Waals surface area contributed by atoms with Crippen LogP contribution < -0.4 is 0 Å². The molecular formula is C12H13IO4. The summed E-state index contributed by atoms with van der Waals surface area (Å²) in [6, 6.07) is 7.02. The van der Waals surface area contributed by atoms with E-state index in [0.717, 1.165) is 3.57 Å². The van der Waals surface area contributed by atoms with Crippen LogP contribution in [0.5, 0.6) is 0 Å². The summed E-state index contributed by atoms with van der Waals surface area (Å²) in [5.74, 6) is -0.784. The third kappa shape index (κ3) is 5.16. The first-order valence-corrected chi connectivity index (χ1v) is 6.29. The molecule has 1 aromatic carbocycles. The number of rotatable bonds is 5. The summed E-state index contributed by atoms with van der Waals surface area (Å²) in [7, 11) is 0. The minimum absolute atomic E-state index is 0.0453. The quantitative estimate of drug-likeness (QED) is 0.606. The van der Waals surface area contributed by atoms with Crippen LogP contribution in [0.2, 0.25) is 0 Å². The Morgan fingerprint density at radius 2 is 1.82 bits per heavy atom. The Morgan fingerprint density at radius 3 is 2.41 bits per heavy atom. The first kappa shape index (κ1) is 14.0. The summed E-state index contributed by atoms with van der Waals surface area (Å²) in [6.45, 7) is 2.11. The molecule has 0 spiro atoms. The van der Waals surface area contributed by atoms with E-state index in [0.29, 0.717) is 12.2 Å². The second-order valence-electron chi connectivity index (χ2n) is 3.20. The van der Waals surface area contributed by atoms with E-state index in [1.54, 1.807) is 19.1 Å². The van der Waals surface area contributed by atoms with Gasteiger partial charge in [0.05, 0.1) is 18.6 Å². The fourth-order valence-electron chi connectivity index (χ4n) is 1.13. The average Bonchev–Trinajstić information content (AvgIpc) is 2.30. The molecule has 0 amide bonds. The van der Waals surface area contributed by atoms with Crippen molar-refractivity contribution in [1.82, 2.24) is 0 Å². The molecule has 0 saturated carbocycles. The molecule has 0 aromatic heterocycles. The highest BCUT2D eigenvalue weighted by Gasteiger charge is 2.08. The van der Waals surface area contributed by atoms with Crippen molar-refractivity contribution in [2.24, 2.45) is 0 Å². The van der Waals surface area contributed by atoms with Crippen LogP contribution in [-0.2, 0) is 14.3 Å². The standard InChI is InChI=1S/C12H13IO4/c1-2-16-11(14)7-8-17-12(15)9-3-5-10(13)6-4-9/h3-6H,2,7-8H2,1H3. The van der Waals surface area contributed by atoms with Gasteiger partial charge in [-0.3, -0.25) is 4.79 Å². The van der Waals surface area contributed by atoms with Crippen LogP contribution in [0, 0.1) is 3.57 Å². The molecule has 92 valence electrons. The highest BCUT2D eigenvalue weighted by Crippen LogP contribution is 2.08. The molecule has 0 N–H and O–H groups in total. The molecule has 0 fully saturated rings. The molecule has 0 radical (unpaired) electrons. The van der Waals surface area contributed by atoms with E-state index in [1.165, 1.54) is 0 Å². The van der Waals surface area contributed by atoms with Gasteiger partial charge in [-0.2, -0.15) is 0 Å². The third-order valence-electron chi connectivity index (χ3n) is 1.92. The summed E-state index contributed by atoms with van der Waals surface area (Å²) in [5.41, 5.74) is 0.481. The Kier molecular flexibility index (Phi) is 5.96. The predicted molar refractivity (Wildman–Crippen MR) is 70.7 cm³/mol. The van der Waals surface area contributed by atoms with Gasteiger partial charge in [0.25, 0.3) is 0 Å². The van der Waals surface area contributed by atoms with Gasteiger partial charge < -0.3 is 9.47 Å². The SMILES string of the molecule is CCOC(=O)CCOC(=O)c1ccc(I)cc1. The topological polar surface area (TPSA) is 52.6 Å². The first-order chi connectivity index (χ1) is 8.13. The van der Waals surface area contributed by atoms with Crippen LogP contribution >= 0.6 is 22.6 Å². The Labute approximate surface area is 113 Å². The highest BCUT2D eigenvalue weighted by atomic mass is 127. The molecule has 17 heavy (non-hydrogen) atoms. The number of benzene rings is 1. The van der Waals surface area contributed by atoms with Crippen molar-refractivity contribution in [3.05, 3.63) is 33.4 Å². The molecule has 0 unspecified atom stereocenters. The van der Waals surface area contributed by atoms with Crippen molar-refractivity contribution in [2.45, 2.75) is 13.3 Å². The lowest BCUT2D eigenvalue weighted by atomic mass is 10.2. The number of esters is 2.